The standard InChI is InChI=1S/C24H21F2N7O5/c25-13-1-2-15(26)17(9-13)31-7-4-12(11-31)14-10-24(23(35)36,6-3-16(14)33(37)38)18-5-8-32-22(29-18)19(21(28)34)20(27)30-32/h1-3,5,8-10,12H,4,6-7,11H2,(H2,27,30)(H2,28,34)(H,35,36). The van der Waals surface area contributed by atoms with Crippen molar-refractivity contribution < 1.29 is 28.4 Å². The highest BCUT2D eigenvalue weighted by Crippen LogP contribution is 2.42. The van der Waals surface area contributed by atoms with Gasteiger partial charge in [-0.1, -0.05) is 6.08 Å². The summed E-state index contributed by atoms with van der Waals surface area (Å²) in [5.74, 6) is -4.24. The first-order valence-corrected chi connectivity index (χ1v) is 11.5. The maximum Gasteiger partial charge on any atom is 0.320 e. The van der Waals surface area contributed by atoms with Crippen LogP contribution >= 0.6 is 0 Å². The zero-order valence-electron chi connectivity index (χ0n) is 19.7. The zero-order chi connectivity index (χ0) is 27.4. The van der Waals surface area contributed by atoms with Gasteiger partial charge in [0.15, 0.2) is 11.5 Å². The number of hydrogen-bond donors (Lipinski definition) is 3. The highest BCUT2D eigenvalue weighted by Gasteiger charge is 2.46. The van der Waals surface area contributed by atoms with E-state index in [1.54, 1.807) is 4.90 Å². The summed E-state index contributed by atoms with van der Waals surface area (Å²) in [6.45, 7) is 0.374. The van der Waals surface area contributed by atoms with E-state index < -0.39 is 39.8 Å². The first kappa shape index (κ1) is 24.8. The molecular formula is C24H21F2N7O5. The van der Waals surface area contributed by atoms with E-state index >= 15 is 0 Å². The fraction of sp³-hybridized carbons (Fsp3) is 0.250. The maximum absolute atomic E-state index is 14.4. The van der Waals surface area contributed by atoms with Crippen molar-refractivity contribution in [2.75, 3.05) is 23.7 Å². The Balaban J connectivity index is 1.60. The van der Waals surface area contributed by atoms with Crippen LogP contribution in [0.1, 0.15) is 28.9 Å². The van der Waals surface area contributed by atoms with Gasteiger partial charge in [-0.2, -0.15) is 0 Å². The van der Waals surface area contributed by atoms with E-state index in [0.717, 1.165) is 18.2 Å². The normalized spacial score (nSPS) is 21.3. The molecule has 0 bridgehead atoms. The number of nitrogen functional groups attached to an aromatic ring is 1. The number of nitro groups is 1. The number of hydrogen-bond acceptors (Lipinski definition) is 8. The molecule has 3 heterocycles. The van der Waals surface area contributed by atoms with Gasteiger partial charge in [-0.25, -0.2) is 18.3 Å². The van der Waals surface area contributed by atoms with Crippen LogP contribution in [-0.2, 0) is 10.2 Å². The second-order valence-electron chi connectivity index (χ2n) is 9.16. The Kier molecular flexibility index (Phi) is 5.81. The quantitative estimate of drug-likeness (QED) is 0.320. The summed E-state index contributed by atoms with van der Waals surface area (Å²) >= 11 is 0. The van der Waals surface area contributed by atoms with Crippen LogP contribution in [0.15, 0.2) is 53.9 Å². The van der Waals surface area contributed by atoms with Gasteiger partial charge in [0.2, 0.25) is 0 Å². The van der Waals surface area contributed by atoms with Gasteiger partial charge < -0.3 is 21.5 Å². The molecule has 0 spiro atoms. The van der Waals surface area contributed by atoms with Crippen molar-refractivity contribution in [3.05, 3.63) is 86.9 Å². The number of amides is 1. The lowest BCUT2D eigenvalue weighted by Crippen LogP contribution is -2.38. The number of allylic oxidation sites excluding steroid dienone is 2. The molecule has 12 nitrogen and oxygen atoms in total. The van der Waals surface area contributed by atoms with Gasteiger partial charge in [-0.05, 0) is 37.1 Å². The number of benzene rings is 1. The van der Waals surface area contributed by atoms with E-state index in [1.165, 1.54) is 28.9 Å². The Morgan fingerprint density at radius 3 is 2.71 bits per heavy atom. The number of carbonyl (C=O) groups is 2. The SMILES string of the molecule is NC(=O)c1c(N)nn2ccc(C3(C(=O)O)C=C(C4CCN(c5cc(F)ccc5F)C4)C([N+](=O)[O-])=CC3)nc12. The van der Waals surface area contributed by atoms with Crippen LogP contribution < -0.4 is 16.4 Å². The van der Waals surface area contributed by atoms with Gasteiger partial charge in [0.05, 0.1) is 16.3 Å². The molecule has 2 aliphatic rings. The van der Waals surface area contributed by atoms with Crippen molar-refractivity contribution in [1.82, 2.24) is 14.6 Å². The van der Waals surface area contributed by atoms with Gasteiger partial charge in [-0.3, -0.25) is 19.7 Å². The Morgan fingerprint density at radius 1 is 1.26 bits per heavy atom. The summed E-state index contributed by atoms with van der Waals surface area (Å²) in [4.78, 5) is 41.9. The van der Waals surface area contributed by atoms with Crippen molar-refractivity contribution in [3.63, 3.8) is 0 Å². The van der Waals surface area contributed by atoms with Gasteiger partial charge in [0, 0.05) is 36.8 Å². The van der Waals surface area contributed by atoms with E-state index in [9.17, 15) is 33.6 Å². The van der Waals surface area contributed by atoms with Crippen LogP contribution in [-0.4, -0.2) is 49.6 Å². The lowest BCUT2D eigenvalue weighted by molar-refractivity contribution is -0.422. The molecule has 5 N–H and O–H groups in total. The molecule has 1 aliphatic heterocycles. The number of carbonyl (C=O) groups excluding carboxylic acids is 1. The molecule has 1 aromatic carbocycles. The van der Waals surface area contributed by atoms with E-state index in [-0.39, 0.29) is 59.2 Å². The highest BCUT2D eigenvalue weighted by atomic mass is 19.1. The summed E-state index contributed by atoms with van der Waals surface area (Å²) < 4.78 is 29.3. The van der Waals surface area contributed by atoms with Crippen LogP contribution in [0.3, 0.4) is 0 Å². The number of fused-ring (bicyclic) bond motifs is 1. The van der Waals surface area contributed by atoms with Gasteiger partial charge >= 0.3 is 5.97 Å². The van der Waals surface area contributed by atoms with E-state index in [2.05, 4.69) is 10.1 Å². The molecular weight excluding hydrogens is 504 g/mol. The highest BCUT2D eigenvalue weighted by molar-refractivity contribution is 6.03. The van der Waals surface area contributed by atoms with Crippen LogP contribution in [0.4, 0.5) is 20.3 Å². The third-order valence-corrected chi connectivity index (χ3v) is 6.99. The number of nitrogens with two attached hydrogens (primary N) is 2. The Hall–Kier alpha value is -4.88. The largest absolute Gasteiger partial charge is 0.480 e. The van der Waals surface area contributed by atoms with Crippen molar-refractivity contribution in [3.8, 4) is 0 Å². The Bertz CT molecular complexity index is 1580. The van der Waals surface area contributed by atoms with Crippen molar-refractivity contribution in [1.29, 1.82) is 0 Å². The van der Waals surface area contributed by atoms with Gasteiger partial charge in [-0.15, -0.1) is 5.10 Å². The van der Waals surface area contributed by atoms with Crippen LogP contribution in [0.5, 0.6) is 0 Å². The number of nitrogens with zero attached hydrogens (tertiary/aromatic N) is 5. The summed E-state index contributed by atoms with van der Waals surface area (Å²) in [5.41, 5.74) is 9.00. The zero-order valence-corrected chi connectivity index (χ0v) is 19.7. The van der Waals surface area contributed by atoms with Gasteiger partial charge in [0.1, 0.15) is 22.6 Å². The summed E-state index contributed by atoms with van der Waals surface area (Å²) in [7, 11) is 0. The molecule has 1 fully saturated rings. The summed E-state index contributed by atoms with van der Waals surface area (Å²) in [6, 6.07) is 4.42. The van der Waals surface area contributed by atoms with E-state index in [0.29, 0.717) is 6.42 Å². The minimum absolute atomic E-state index is 0.0120. The predicted octanol–water partition coefficient (Wildman–Crippen LogP) is 2.03. The first-order chi connectivity index (χ1) is 18.0. The maximum atomic E-state index is 14.4. The van der Waals surface area contributed by atoms with Crippen molar-refractivity contribution in [2.24, 2.45) is 11.7 Å². The number of carboxylic acids is 1. The predicted molar refractivity (Wildman–Crippen MR) is 130 cm³/mol. The van der Waals surface area contributed by atoms with Gasteiger partial charge in [0.25, 0.3) is 11.6 Å². The molecule has 0 radical (unpaired) electrons. The van der Waals surface area contributed by atoms with Crippen LogP contribution in [0.2, 0.25) is 0 Å². The molecule has 5 rings (SSSR count). The molecule has 2 aromatic heterocycles. The molecule has 0 saturated carbocycles. The number of carboxylic acid groups (broad SMARTS) is 1. The lowest BCUT2D eigenvalue weighted by atomic mass is 9.73. The molecule has 196 valence electrons. The average Bonchev–Trinajstić information content (AvgIpc) is 3.48. The number of aromatic nitrogens is 3. The fourth-order valence-corrected chi connectivity index (χ4v) is 5.11. The molecule has 1 aliphatic carbocycles. The van der Waals surface area contributed by atoms with Crippen molar-refractivity contribution >= 4 is 29.0 Å². The summed E-state index contributed by atoms with van der Waals surface area (Å²) in [6.07, 6.45) is 3.93. The average molecular weight is 525 g/mol. The number of halogens is 2. The molecule has 38 heavy (non-hydrogen) atoms. The molecule has 2 atom stereocenters. The van der Waals surface area contributed by atoms with Crippen LogP contribution in [0.25, 0.3) is 5.65 Å². The molecule has 14 heteroatoms. The molecule has 3 aromatic rings. The minimum atomic E-state index is -1.83. The molecule has 2 unspecified atom stereocenters. The van der Waals surface area contributed by atoms with Crippen molar-refractivity contribution in [2.45, 2.75) is 18.3 Å². The topological polar surface area (TPSA) is 183 Å². The number of rotatable bonds is 6. The molecule has 1 saturated heterocycles. The Labute approximate surface area is 213 Å². The third kappa shape index (κ3) is 3.90. The van der Waals surface area contributed by atoms with Crippen LogP contribution in [0, 0.1) is 27.7 Å². The first-order valence-electron chi connectivity index (χ1n) is 11.5. The smallest absolute Gasteiger partial charge is 0.320 e. The van der Waals surface area contributed by atoms with E-state index in [4.69, 9.17) is 11.5 Å². The third-order valence-electron chi connectivity index (χ3n) is 6.99. The summed E-state index contributed by atoms with van der Waals surface area (Å²) in [5, 5.41) is 26.2. The second-order valence-corrected chi connectivity index (χ2v) is 9.16. The Morgan fingerprint density at radius 2 is 2.03 bits per heavy atom. The molecule has 1 amide bonds. The minimum Gasteiger partial charge on any atom is -0.480 e. The number of aliphatic carboxylic acids is 1. The lowest BCUT2D eigenvalue weighted by Gasteiger charge is -2.30. The fourth-order valence-electron chi connectivity index (χ4n) is 5.11. The second kappa shape index (κ2) is 8.90. The monoisotopic (exact) mass is 525 g/mol. The van der Waals surface area contributed by atoms with E-state index in [1.807, 2.05) is 0 Å². The number of primary amides is 1. The number of anilines is 2.